The standard InChI is InChI=1S/C23H21N3O8S/c1-25(13-15-3-9-21-22(11-15)34-14-33-21)23(27)16-4-7-18(8-5-16)35(30,31)24-19-12-17(26(28)29)6-10-20(19)32-2/h3-12,24H,13-14H2,1-2H3. The smallest absolute Gasteiger partial charge is 0.271 e. The third kappa shape index (κ3) is 5.11. The molecular weight excluding hydrogens is 478 g/mol. The van der Waals surface area contributed by atoms with Gasteiger partial charge in [-0.2, -0.15) is 0 Å². The molecule has 1 aliphatic heterocycles. The predicted molar refractivity (Wildman–Crippen MR) is 125 cm³/mol. The minimum atomic E-state index is -4.11. The number of non-ortho nitro benzene ring substituents is 1. The molecule has 11 nitrogen and oxygen atoms in total. The number of nitro benzene ring substituents is 1. The Kier molecular flexibility index (Phi) is 6.47. The number of carbonyl (C=O) groups excluding carboxylic acids is 1. The van der Waals surface area contributed by atoms with Gasteiger partial charge in [-0.1, -0.05) is 6.07 Å². The van der Waals surface area contributed by atoms with Crippen LogP contribution in [0.2, 0.25) is 0 Å². The Labute approximate surface area is 201 Å². The van der Waals surface area contributed by atoms with E-state index in [1.807, 2.05) is 6.07 Å². The van der Waals surface area contributed by atoms with Gasteiger partial charge in [0.25, 0.3) is 21.6 Å². The molecule has 0 aromatic heterocycles. The number of nitrogens with zero attached hydrogens (tertiary/aromatic N) is 2. The highest BCUT2D eigenvalue weighted by atomic mass is 32.2. The van der Waals surface area contributed by atoms with E-state index in [4.69, 9.17) is 14.2 Å². The summed E-state index contributed by atoms with van der Waals surface area (Å²) in [7, 11) is -1.16. The number of benzene rings is 3. The summed E-state index contributed by atoms with van der Waals surface area (Å²) in [6, 6.07) is 14.4. The predicted octanol–water partition coefficient (Wildman–Crippen LogP) is 3.41. The van der Waals surface area contributed by atoms with E-state index < -0.39 is 14.9 Å². The molecule has 1 amide bonds. The summed E-state index contributed by atoms with van der Waals surface area (Å²) in [5.41, 5.74) is 0.764. The maximum atomic E-state index is 12.8. The Balaban J connectivity index is 1.48. The van der Waals surface area contributed by atoms with E-state index in [0.717, 1.165) is 11.6 Å². The molecule has 0 saturated carbocycles. The number of hydrogen-bond acceptors (Lipinski definition) is 8. The summed E-state index contributed by atoms with van der Waals surface area (Å²) in [4.78, 5) is 24.6. The second-order valence-corrected chi connectivity index (χ2v) is 9.30. The van der Waals surface area contributed by atoms with E-state index in [-0.39, 0.29) is 34.7 Å². The Hall–Kier alpha value is -4.32. The summed E-state index contributed by atoms with van der Waals surface area (Å²) < 4.78 is 43.7. The summed E-state index contributed by atoms with van der Waals surface area (Å²) in [5.74, 6) is 1.08. The number of anilines is 1. The average molecular weight is 500 g/mol. The summed E-state index contributed by atoms with van der Waals surface area (Å²) in [5, 5.41) is 11.0. The van der Waals surface area contributed by atoms with E-state index >= 15 is 0 Å². The van der Waals surface area contributed by atoms with Crippen LogP contribution in [0.25, 0.3) is 0 Å². The maximum absolute atomic E-state index is 12.8. The summed E-state index contributed by atoms with van der Waals surface area (Å²) >= 11 is 0. The van der Waals surface area contributed by atoms with Gasteiger partial charge in [-0.05, 0) is 48.0 Å². The van der Waals surface area contributed by atoms with Crippen molar-refractivity contribution in [2.24, 2.45) is 0 Å². The molecule has 4 rings (SSSR count). The van der Waals surface area contributed by atoms with Gasteiger partial charge in [0.2, 0.25) is 6.79 Å². The molecule has 3 aromatic rings. The largest absolute Gasteiger partial charge is 0.495 e. The van der Waals surface area contributed by atoms with Gasteiger partial charge in [-0.3, -0.25) is 19.6 Å². The number of nitrogens with one attached hydrogen (secondary N) is 1. The van der Waals surface area contributed by atoms with Crippen LogP contribution >= 0.6 is 0 Å². The van der Waals surface area contributed by atoms with Crippen molar-refractivity contribution < 1.29 is 32.3 Å². The fraction of sp³-hybridized carbons (Fsp3) is 0.174. The third-order valence-corrected chi connectivity index (χ3v) is 6.63. The molecular formula is C23H21N3O8S. The number of carbonyl (C=O) groups is 1. The van der Waals surface area contributed by atoms with Crippen molar-refractivity contribution in [3.05, 3.63) is 81.9 Å². The van der Waals surface area contributed by atoms with E-state index in [2.05, 4.69) is 4.72 Å². The van der Waals surface area contributed by atoms with Crippen LogP contribution in [0.3, 0.4) is 0 Å². The van der Waals surface area contributed by atoms with Crippen LogP contribution in [0.1, 0.15) is 15.9 Å². The highest BCUT2D eigenvalue weighted by molar-refractivity contribution is 7.92. The van der Waals surface area contributed by atoms with Gasteiger partial charge in [0.1, 0.15) is 5.75 Å². The van der Waals surface area contributed by atoms with E-state index in [9.17, 15) is 23.3 Å². The lowest BCUT2D eigenvalue weighted by atomic mass is 10.1. The highest BCUT2D eigenvalue weighted by Crippen LogP contribution is 2.33. The SMILES string of the molecule is COc1ccc([N+](=O)[O-])cc1NS(=O)(=O)c1ccc(C(=O)N(C)Cc2ccc3c(c2)OCO3)cc1. The third-order valence-electron chi connectivity index (χ3n) is 5.25. The normalized spacial score (nSPS) is 12.2. The Morgan fingerprint density at radius 3 is 2.49 bits per heavy atom. The molecule has 0 fully saturated rings. The van der Waals surface area contributed by atoms with Crippen LogP contribution in [0.5, 0.6) is 17.2 Å². The van der Waals surface area contributed by atoms with Crippen LogP contribution in [0, 0.1) is 10.1 Å². The number of methoxy groups -OCH3 is 1. The molecule has 1 N–H and O–H groups in total. The first kappa shape index (κ1) is 23.8. The topological polar surface area (TPSA) is 137 Å². The second-order valence-electron chi connectivity index (χ2n) is 7.62. The first-order valence-corrected chi connectivity index (χ1v) is 11.8. The lowest BCUT2D eigenvalue weighted by Gasteiger charge is -2.18. The lowest BCUT2D eigenvalue weighted by Crippen LogP contribution is -2.26. The van der Waals surface area contributed by atoms with Crippen LogP contribution in [-0.2, 0) is 16.6 Å². The number of fused-ring (bicyclic) bond motifs is 1. The van der Waals surface area contributed by atoms with Crippen molar-refractivity contribution >= 4 is 27.3 Å². The quantitative estimate of drug-likeness (QED) is 0.368. The monoisotopic (exact) mass is 499 g/mol. The number of hydrogen-bond donors (Lipinski definition) is 1. The molecule has 0 atom stereocenters. The van der Waals surface area contributed by atoms with Crippen molar-refractivity contribution in [2.45, 2.75) is 11.4 Å². The van der Waals surface area contributed by atoms with Gasteiger partial charge in [0.05, 0.1) is 22.6 Å². The Morgan fingerprint density at radius 1 is 1.09 bits per heavy atom. The molecule has 1 aliphatic rings. The van der Waals surface area contributed by atoms with E-state index in [1.54, 1.807) is 19.2 Å². The Bertz CT molecular complexity index is 1390. The van der Waals surface area contributed by atoms with Gasteiger partial charge in [-0.25, -0.2) is 8.42 Å². The Morgan fingerprint density at radius 2 is 1.80 bits per heavy atom. The van der Waals surface area contributed by atoms with Crippen LogP contribution in [0.15, 0.2) is 65.6 Å². The summed E-state index contributed by atoms with van der Waals surface area (Å²) in [6.07, 6.45) is 0. The maximum Gasteiger partial charge on any atom is 0.271 e. The number of ether oxygens (including phenoxy) is 3. The fourth-order valence-electron chi connectivity index (χ4n) is 3.47. The summed E-state index contributed by atoms with van der Waals surface area (Å²) in [6.45, 7) is 0.468. The van der Waals surface area contributed by atoms with Crippen molar-refractivity contribution in [1.82, 2.24) is 4.90 Å². The fourth-order valence-corrected chi connectivity index (χ4v) is 4.54. The molecule has 0 spiro atoms. The molecule has 0 radical (unpaired) electrons. The minimum Gasteiger partial charge on any atom is -0.495 e. The van der Waals surface area contributed by atoms with Gasteiger partial charge in [0.15, 0.2) is 11.5 Å². The zero-order valence-electron chi connectivity index (χ0n) is 18.8. The van der Waals surface area contributed by atoms with Gasteiger partial charge in [0, 0.05) is 31.3 Å². The van der Waals surface area contributed by atoms with E-state index in [0.29, 0.717) is 23.6 Å². The average Bonchev–Trinajstić information content (AvgIpc) is 3.31. The molecule has 0 saturated heterocycles. The van der Waals surface area contributed by atoms with Crippen LogP contribution in [-0.4, -0.2) is 45.1 Å². The number of amides is 1. The molecule has 0 unspecified atom stereocenters. The molecule has 182 valence electrons. The first-order valence-electron chi connectivity index (χ1n) is 10.3. The zero-order valence-corrected chi connectivity index (χ0v) is 19.6. The first-order chi connectivity index (χ1) is 16.7. The molecule has 1 heterocycles. The van der Waals surface area contributed by atoms with Crippen molar-refractivity contribution in [2.75, 3.05) is 25.7 Å². The highest BCUT2D eigenvalue weighted by Gasteiger charge is 2.21. The van der Waals surface area contributed by atoms with Gasteiger partial charge < -0.3 is 19.1 Å². The van der Waals surface area contributed by atoms with Crippen molar-refractivity contribution in [3.8, 4) is 17.2 Å². The number of rotatable bonds is 8. The van der Waals surface area contributed by atoms with Crippen molar-refractivity contribution in [3.63, 3.8) is 0 Å². The molecule has 0 aliphatic carbocycles. The minimum absolute atomic E-state index is 0.0784. The second kappa shape index (κ2) is 9.50. The molecule has 12 heteroatoms. The molecule has 0 bridgehead atoms. The van der Waals surface area contributed by atoms with Crippen LogP contribution < -0.4 is 18.9 Å². The molecule has 35 heavy (non-hydrogen) atoms. The number of nitro groups is 1. The number of sulfonamides is 1. The lowest BCUT2D eigenvalue weighted by molar-refractivity contribution is -0.384. The van der Waals surface area contributed by atoms with Crippen LogP contribution in [0.4, 0.5) is 11.4 Å². The zero-order chi connectivity index (χ0) is 25.2. The van der Waals surface area contributed by atoms with E-state index in [1.165, 1.54) is 48.4 Å². The molecule has 3 aromatic carbocycles. The van der Waals surface area contributed by atoms with Gasteiger partial charge >= 0.3 is 0 Å². The van der Waals surface area contributed by atoms with Crippen molar-refractivity contribution in [1.29, 1.82) is 0 Å². The van der Waals surface area contributed by atoms with Gasteiger partial charge in [-0.15, -0.1) is 0 Å².